The van der Waals surface area contributed by atoms with Crippen LogP contribution in [0.25, 0.3) is 0 Å². The second kappa shape index (κ2) is 8.39. The summed E-state index contributed by atoms with van der Waals surface area (Å²) in [5.74, 6) is 1.42. The number of rotatable bonds is 8. The molecule has 1 N–H and O–H groups in total. The molecular formula is C15H26N2O3. The van der Waals surface area contributed by atoms with Crippen LogP contribution in [0.15, 0.2) is 10.6 Å². The van der Waals surface area contributed by atoms with Crippen molar-refractivity contribution in [3.8, 4) is 0 Å². The average Bonchev–Trinajstić information content (AvgIpc) is 2.87. The van der Waals surface area contributed by atoms with Crippen LogP contribution in [-0.2, 0) is 22.6 Å². The SMILES string of the molecule is CC(C)CNCc1cc(COCC2CCCCO2)on1. The molecule has 1 aliphatic heterocycles. The van der Waals surface area contributed by atoms with Crippen molar-refractivity contribution in [2.45, 2.75) is 52.4 Å². The summed E-state index contributed by atoms with van der Waals surface area (Å²) in [6.07, 6.45) is 3.76. The van der Waals surface area contributed by atoms with Crippen molar-refractivity contribution in [1.29, 1.82) is 0 Å². The van der Waals surface area contributed by atoms with E-state index in [1.54, 1.807) is 0 Å². The summed E-state index contributed by atoms with van der Waals surface area (Å²) in [5.41, 5.74) is 0.929. The van der Waals surface area contributed by atoms with Gasteiger partial charge in [0.05, 0.1) is 18.4 Å². The Morgan fingerprint density at radius 2 is 2.35 bits per heavy atom. The van der Waals surface area contributed by atoms with E-state index >= 15 is 0 Å². The van der Waals surface area contributed by atoms with Crippen LogP contribution < -0.4 is 5.32 Å². The molecule has 0 aromatic carbocycles. The summed E-state index contributed by atoms with van der Waals surface area (Å²) in [6, 6.07) is 1.95. The first kappa shape index (κ1) is 15.5. The quantitative estimate of drug-likeness (QED) is 0.794. The molecule has 0 amide bonds. The third-order valence-electron chi connectivity index (χ3n) is 3.29. The van der Waals surface area contributed by atoms with Crippen LogP contribution in [0.1, 0.15) is 44.6 Å². The Balaban J connectivity index is 1.62. The zero-order chi connectivity index (χ0) is 14.2. The lowest BCUT2D eigenvalue weighted by atomic mass is 10.1. The molecule has 1 aromatic heterocycles. The van der Waals surface area contributed by atoms with Crippen LogP contribution in [-0.4, -0.2) is 31.0 Å². The van der Waals surface area contributed by atoms with Gasteiger partial charge in [-0.05, 0) is 31.7 Å². The fraction of sp³-hybridized carbons (Fsp3) is 0.800. The largest absolute Gasteiger partial charge is 0.376 e. The zero-order valence-corrected chi connectivity index (χ0v) is 12.6. The van der Waals surface area contributed by atoms with Gasteiger partial charge in [-0.15, -0.1) is 0 Å². The fourth-order valence-electron chi connectivity index (χ4n) is 2.23. The molecule has 0 radical (unpaired) electrons. The number of ether oxygens (including phenoxy) is 2. The van der Waals surface area contributed by atoms with Gasteiger partial charge < -0.3 is 19.3 Å². The molecule has 5 nitrogen and oxygen atoms in total. The molecular weight excluding hydrogens is 256 g/mol. The minimum absolute atomic E-state index is 0.249. The fourth-order valence-corrected chi connectivity index (χ4v) is 2.23. The molecule has 0 saturated carbocycles. The smallest absolute Gasteiger partial charge is 0.162 e. The van der Waals surface area contributed by atoms with Crippen LogP contribution in [0.3, 0.4) is 0 Å². The molecule has 1 saturated heterocycles. The van der Waals surface area contributed by atoms with E-state index < -0.39 is 0 Å². The van der Waals surface area contributed by atoms with Gasteiger partial charge in [0.25, 0.3) is 0 Å². The third kappa shape index (κ3) is 5.61. The predicted molar refractivity (Wildman–Crippen MR) is 76.3 cm³/mol. The van der Waals surface area contributed by atoms with Gasteiger partial charge >= 0.3 is 0 Å². The Morgan fingerprint density at radius 3 is 3.10 bits per heavy atom. The molecule has 20 heavy (non-hydrogen) atoms. The Hall–Kier alpha value is -0.910. The van der Waals surface area contributed by atoms with E-state index in [9.17, 15) is 0 Å². The summed E-state index contributed by atoms with van der Waals surface area (Å²) in [6.45, 7) is 8.07. The lowest BCUT2D eigenvalue weighted by Gasteiger charge is -2.21. The van der Waals surface area contributed by atoms with Crippen LogP contribution in [0, 0.1) is 5.92 Å². The van der Waals surface area contributed by atoms with Crippen molar-refractivity contribution in [3.05, 3.63) is 17.5 Å². The van der Waals surface area contributed by atoms with Crippen LogP contribution in [0.5, 0.6) is 0 Å². The minimum Gasteiger partial charge on any atom is -0.376 e. The standard InChI is InChI=1S/C15H26N2O3/c1-12(2)8-16-9-13-7-15(20-17-13)11-18-10-14-5-3-4-6-19-14/h7,12,14,16H,3-6,8-11H2,1-2H3. The van der Waals surface area contributed by atoms with Crippen LogP contribution in [0.4, 0.5) is 0 Å². The number of hydrogen-bond donors (Lipinski definition) is 1. The van der Waals surface area contributed by atoms with Gasteiger partial charge in [0.15, 0.2) is 5.76 Å². The molecule has 1 unspecified atom stereocenters. The molecule has 114 valence electrons. The summed E-state index contributed by atoms with van der Waals surface area (Å²) in [7, 11) is 0. The number of nitrogens with one attached hydrogen (secondary N) is 1. The van der Waals surface area contributed by atoms with Gasteiger partial charge in [0.2, 0.25) is 0 Å². The number of aromatic nitrogens is 1. The van der Waals surface area contributed by atoms with Crippen molar-refractivity contribution in [2.24, 2.45) is 5.92 Å². The van der Waals surface area contributed by atoms with Gasteiger partial charge in [0.1, 0.15) is 6.61 Å². The topological polar surface area (TPSA) is 56.5 Å². The normalized spacial score (nSPS) is 19.6. The molecule has 1 fully saturated rings. The Labute approximate surface area is 121 Å². The highest BCUT2D eigenvalue weighted by molar-refractivity contribution is 5.04. The van der Waals surface area contributed by atoms with Crippen molar-refractivity contribution < 1.29 is 14.0 Å². The van der Waals surface area contributed by atoms with Gasteiger partial charge in [-0.25, -0.2) is 0 Å². The summed E-state index contributed by atoms with van der Waals surface area (Å²) in [4.78, 5) is 0. The summed E-state index contributed by atoms with van der Waals surface area (Å²) >= 11 is 0. The second-order valence-corrected chi connectivity index (χ2v) is 5.81. The lowest BCUT2D eigenvalue weighted by Crippen LogP contribution is -2.24. The van der Waals surface area contributed by atoms with E-state index in [4.69, 9.17) is 14.0 Å². The second-order valence-electron chi connectivity index (χ2n) is 5.81. The van der Waals surface area contributed by atoms with E-state index in [2.05, 4.69) is 24.3 Å². The highest BCUT2D eigenvalue weighted by Crippen LogP contribution is 2.13. The van der Waals surface area contributed by atoms with E-state index in [0.717, 1.165) is 37.6 Å². The third-order valence-corrected chi connectivity index (χ3v) is 3.29. The highest BCUT2D eigenvalue weighted by atomic mass is 16.5. The van der Waals surface area contributed by atoms with Crippen LogP contribution in [0.2, 0.25) is 0 Å². The van der Waals surface area contributed by atoms with Gasteiger partial charge in [-0.2, -0.15) is 0 Å². The predicted octanol–water partition coefficient (Wildman–Crippen LogP) is 2.51. The number of nitrogens with zero attached hydrogens (tertiary/aromatic N) is 1. The van der Waals surface area contributed by atoms with Crippen molar-refractivity contribution in [3.63, 3.8) is 0 Å². The Morgan fingerprint density at radius 1 is 1.45 bits per heavy atom. The van der Waals surface area contributed by atoms with E-state index in [-0.39, 0.29) is 6.10 Å². The van der Waals surface area contributed by atoms with E-state index in [1.165, 1.54) is 12.8 Å². The van der Waals surface area contributed by atoms with Crippen molar-refractivity contribution in [2.75, 3.05) is 19.8 Å². The highest BCUT2D eigenvalue weighted by Gasteiger charge is 2.14. The molecule has 1 atom stereocenters. The molecule has 1 aliphatic rings. The molecule has 2 heterocycles. The van der Waals surface area contributed by atoms with Gasteiger partial charge in [-0.1, -0.05) is 19.0 Å². The summed E-state index contributed by atoms with van der Waals surface area (Å²) in [5, 5.41) is 7.37. The number of hydrogen-bond acceptors (Lipinski definition) is 5. The summed E-state index contributed by atoms with van der Waals surface area (Å²) < 4.78 is 16.5. The first-order valence-electron chi connectivity index (χ1n) is 7.58. The molecule has 0 spiro atoms. The maximum Gasteiger partial charge on any atom is 0.162 e. The van der Waals surface area contributed by atoms with Crippen molar-refractivity contribution >= 4 is 0 Å². The van der Waals surface area contributed by atoms with E-state index in [1.807, 2.05) is 6.07 Å². The van der Waals surface area contributed by atoms with E-state index in [0.29, 0.717) is 19.1 Å². The first-order valence-corrected chi connectivity index (χ1v) is 7.58. The molecule has 0 aliphatic carbocycles. The lowest BCUT2D eigenvalue weighted by molar-refractivity contribution is -0.0477. The molecule has 2 rings (SSSR count). The van der Waals surface area contributed by atoms with Gasteiger partial charge in [0, 0.05) is 19.2 Å². The maximum absolute atomic E-state index is 5.64. The van der Waals surface area contributed by atoms with Gasteiger partial charge in [-0.3, -0.25) is 0 Å². The monoisotopic (exact) mass is 282 g/mol. The minimum atomic E-state index is 0.249. The molecule has 1 aromatic rings. The maximum atomic E-state index is 5.64. The van der Waals surface area contributed by atoms with Crippen LogP contribution >= 0.6 is 0 Å². The molecule has 0 bridgehead atoms. The first-order chi connectivity index (χ1) is 9.74. The Kier molecular flexibility index (Phi) is 6.50. The molecule has 5 heteroatoms. The zero-order valence-electron chi connectivity index (χ0n) is 12.6. The van der Waals surface area contributed by atoms with Crippen molar-refractivity contribution in [1.82, 2.24) is 10.5 Å². The Bertz CT molecular complexity index is 373. The average molecular weight is 282 g/mol.